The van der Waals surface area contributed by atoms with Gasteiger partial charge < -0.3 is 19.4 Å². The monoisotopic (exact) mass is 415 g/mol. The predicted octanol–water partition coefficient (Wildman–Crippen LogP) is -0.184. The van der Waals surface area contributed by atoms with Crippen LogP contribution in [0, 0.1) is 0 Å². The second kappa shape index (κ2) is 8.47. The quantitative estimate of drug-likeness (QED) is 0.679. The molecular formula is C20H29N7O3. The third-order valence-corrected chi connectivity index (χ3v) is 6.05. The fourth-order valence-corrected chi connectivity index (χ4v) is 4.14. The molecule has 0 aliphatic carbocycles. The van der Waals surface area contributed by atoms with Gasteiger partial charge in [0.2, 0.25) is 5.95 Å². The molecule has 0 amide bonds. The summed E-state index contributed by atoms with van der Waals surface area (Å²) >= 11 is 0. The van der Waals surface area contributed by atoms with Crippen molar-refractivity contribution in [1.29, 1.82) is 0 Å². The van der Waals surface area contributed by atoms with Gasteiger partial charge in [0.05, 0.1) is 13.2 Å². The Morgan fingerprint density at radius 3 is 2.63 bits per heavy atom. The Bertz CT molecular complexity index is 1010. The molecule has 162 valence electrons. The Labute approximate surface area is 175 Å². The highest BCUT2D eigenvalue weighted by Gasteiger charge is 2.27. The van der Waals surface area contributed by atoms with Crippen molar-refractivity contribution in [3.05, 3.63) is 39.2 Å². The van der Waals surface area contributed by atoms with Crippen molar-refractivity contribution in [1.82, 2.24) is 19.1 Å². The highest BCUT2D eigenvalue weighted by molar-refractivity contribution is 5.45. The lowest BCUT2D eigenvalue weighted by Gasteiger charge is -2.39. The van der Waals surface area contributed by atoms with Crippen LogP contribution in [0.4, 0.5) is 17.6 Å². The average Bonchev–Trinajstić information content (AvgIpc) is 2.80. The van der Waals surface area contributed by atoms with E-state index in [0.717, 1.165) is 42.9 Å². The van der Waals surface area contributed by atoms with Crippen LogP contribution in [0.1, 0.15) is 12.8 Å². The van der Waals surface area contributed by atoms with Crippen LogP contribution in [0.25, 0.3) is 0 Å². The Kier molecular flexibility index (Phi) is 5.76. The Balaban J connectivity index is 1.54. The second-order valence-electron chi connectivity index (χ2n) is 7.91. The van der Waals surface area contributed by atoms with Crippen LogP contribution in [0.15, 0.2) is 27.9 Å². The molecule has 2 aromatic heterocycles. The lowest BCUT2D eigenvalue weighted by molar-refractivity contribution is 0.122. The fourth-order valence-electron chi connectivity index (χ4n) is 4.14. The lowest BCUT2D eigenvalue weighted by atomic mass is 10.0. The molecule has 2 saturated heterocycles. The van der Waals surface area contributed by atoms with Gasteiger partial charge in [-0.2, -0.15) is 4.98 Å². The largest absolute Gasteiger partial charge is 0.378 e. The summed E-state index contributed by atoms with van der Waals surface area (Å²) < 4.78 is 8.10. The van der Waals surface area contributed by atoms with Gasteiger partial charge in [0.25, 0.3) is 5.56 Å². The van der Waals surface area contributed by atoms with Crippen LogP contribution >= 0.6 is 0 Å². The molecule has 2 aromatic rings. The van der Waals surface area contributed by atoms with Crippen LogP contribution in [0.5, 0.6) is 0 Å². The SMILES string of the molecule is CN(c1nccc(N2CCOCC2)n1)C1CCCN(c2cc(=O)n(C)c(=O)n2C)C1. The third-order valence-electron chi connectivity index (χ3n) is 6.05. The van der Waals surface area contributed by atoms with Crippen LogP contribution in [0.3, 0.4) is 0 Å². The van der Waals surface area contributed by atoms with Crippen molar-refractivity contribution in [3.8, 4) is 0 Å². The number of hydrogen-bond acceptors (Lipinski definition) is 8. The molecule has 4 heterocycles. The number of morpholine rings is 1. The number of nitrogens with zero attached hydrogens (tertiary/aromatic N) is 7. The molecule has 0 spiro atoms. The van der Waals surface area contributed by atoms with E-state index in [1.807, 2.05) is 13.1 Å². The highest BCUT2D eigenvalue weighted by Crippen LogP contribution is 2.23. The molecule has 10 nitrogen and oxygen atoms in total. The first-order valence-electron chi connectivity index (χ1n) is 10.4. The van der Waals surface area contributed by atoms with Crippen LogP contribution in [-0.2, 0) is 18.8 Å². The zero-order valence-electron chi connectivity index (χ0n) is 17.8. The molecule has 0 aromatic carbocycles. The van der Waals surface area contributed by atoms with Gasteiger partial charge in [-0.15, -0.1) is 0 Å². The molecule has 0 radical (unpaired) electrons. The second-order valence-corrected chi connectivity index (χ2v) is 7.91. The molecule has 2 aliphatic rings. The predicted molar refractivity (Wildman–Crippen MR) is 116 cm³/mol. The number of aromatic nitrogens is 4. The minimum absolute atomic E-state index is 0.179. The van der Waals surface area contributed by atoms with E-state index in [9.17, 15) is 9.59 Å². The van der Waals surface area contributed by atoms with E-state index in [2.05, 4.69) is 19.7 Å². The third kappa shape index (κ3) is 3.91. The van der Waals surface area contributed by atoms with Gasteiger partial charge in [0.1, 0.15) is 11.6 Å². The van der Waals surface area contributed by atoms with Gasteiger partial charge in [0.15, 0.2) is 0 Å². The van der Waals surface area contributed by atoms with Crippen LogP contribution < -0.4 is 25.9 Å². The molecule has 4 rings (SSSR count). The summed E-state index contributed by atoms with van der Waals surface area (Å²) in [5.74, 6) is 2.25. The van der Waals surface area contributed by atoms with E-state index in [0.29, 0.717) is 31.5 Å². The summed E-state index contributed by atoms with van der Waals surface area (Å²) in [5.41, 5.74) is -0.598. The number of likely N-dealkylation sites (N-methyl/N-ethyl adjacent to an activating group) is 1. The molecule has 30 heavy (non-hydrogen) atoms. The Morgan fingerprint density at radius 1 is 1.10 bits per heavy atom. The van der Waals surface area contributed by atoms with Crippen molar-refractivity contribution in [2.45, 2.75) is 18.9 Å². The van der Waals surface area contributed by atoms with E-state index in [1.54, 1.807) is 23.9 Å². The zero-order valence-corrected chi connectivity index (χ0v) is 17.8. The van der Waals surface area contributed by atoms with Gasteiger partial charge in [0, 0.05) is 65.6 Å². The smallest absolute Gasteiger partial charge is 0.332 e. The topological polar surface area (TPSA) is 88.7 Å². The van der Waals surface area contributed by atoms with E-state index in [4.69, 9.17) is 9.72 Å². The molecule has 1 atom stereocenters. The van der Waals surface area contributed by atoms with Crippen molar-refractivity contribution >= 4 is 17.6 Å². The molecule has 2 aliphatic heterocycles. The van der Waals surface area contributed by atoms with Gasteiger partial charge in [-0.25, -0.2) is 9.78 Å². The van der Waals surface area contributed by atoms with E-state index >= 15 is 0 Å². The van der Waals surface area contributed by atoms with Gasteiger partial charge in [-0.05, 0) is 18.9 Å². The summed E-state index contributed by atoms with van der Waals surface area (Å²) in [6.45, 7) is 4.58. The molecule has 0 N–H and O–H groups in total. The minimum atomic E-state index is -0.311. The lowest BCUT2D eigenvalue weighted by Crippen LogP contribution is -2.49. The first-order chi connectivity index (χ1) is 14.5. The molecular weight excluding hydrogens is 386 g/mol. The first-order valence-corrected chi connectivity index (χ1v) is 10.4. The Hall–Kier alpha value is -2.88. The summed E-state index contributed by atoms with van der Waals surface area (Å²) in [4.78, 5) is 40.2. The number of ether oxygens (including phenoxy) is 1. The van der Waals surface area contributed by atoms with Crippen molar-refractivity contribution in [3.63, 3.8) is 0 Å². The van der Waals surface area contributed by atoms with Crippen molar-refractivity contribution in [2.75, 3.05) is 61.1 Å². The normalized spacial score (nSPS) is 19.8. The van der Waals surface area contributed by atoms with Crippen molar-refractivity contribution in [2.24, 2.45) is 14.1 Å². The zero-order chi connectivity index (χ0) is 21.3. The van der Waals surface area contributed by atoms with Gasteiger partial charge in [-0.3, -0.25) is 13.9 Å². The molecule has 0 bridgehead atoms. The number of anilines is 3. The summed E-state index contributed by atoms with van der Waals surface area (Å²) in [6.07, 6.45) is 3.76. The maximum absolute atomic E-state index is 12.3. The van der Waals surface area contributed by atoms with E-state index < -0.39 is 0 Å². The maximum Gasteiger partial charge on any atom is 0.332 e. The molecule has 10 heteroatoms. The van der Waals surface area contributed by atoms with Gasteiger partial charge in [-0.1, -0.05) is 0 Å². The van der Waals surface area contributed by atoms with Crippen LogP contribution in [0.2, 0.25) is 0 Å². The number of rotatable bonds is 4. The number of piperidine rings is 1. The molecule has 0 saturated carbocycles. The summed E-state index contributed by atoms with van der Waals surface area (Å²) in [6, 6.07) is 3.66. The highest BCUT2D eigenvalue weighted by atomic mass is 16.5. The fraction of sp³-hybridized carbons (Fsp3) is 0.600. The van der Waals surface area contributed by atoms with E-state index in [-0.39, 0.29) is 17.3 Å². The summed E-state index contributed by atoms with van der Waals surface area (Å²) in [5, 5.41) is 0. The standard InChI is InChI=1S/C20H29N7O3/c1-23(19-21-7-6-16(22-19)26-9-11-30-12-10-26)15-5-4-8-27(14-15)17-13-18(28)25(3)20(29)24(17)2/h6-7,13,15H,4-5,8-12,14H2,1-3H3. The summed E-state index contributed by atoms with van der Waals surface area (Å²) in [7, 11) is 5.22. The van der Waals surface area contributed by atoms with E-state index in [1.165, 1.54) is 7.05 Å². The van der Waals surface area contributed by atoms with Gasteiger partial charge >= 0.3 is 5.69 Å². The minimum Gasteiger partial charge on any atom is -0.378 e. The Morgan fingerprint density at radius 2 is 1.87 bits per heavy atom. The maximum atomic E-state index is 12.3. The number of hydrogen-bond donors (Lipinski definition) is 0. The first kappa shape index (κ1) is 20.4. The van der Waals surface area contributed by atoms with Crippen molar-refractivity contribution < 1.29 is 4.74 Å². The average molecular weight is 415 g/mol. The van der Waals surface area contributed by atoms with Crippen LogP contribution in [-0.4, -0.2) is 71.6 Å². The molecule has 2 fully saturated rings. The molecule has 1 unspecified atom stereocenters.